The normalized spacial score (nSPS) is 17.5. The average molecular weight is 351 g/mol. The van der Waals surface area contributed by atoms with Gasteiger partial charge in [-0.1, -0.05) is 0 Å². The molecule has 4 heterocycles. The lowest BCUT2D eigenvalue weighted by atomic mass is 9.94. The fraction of sp³-hybridized carbons (Fsp3) is 0.389. The molecule has 134 valence electrons. The molecule has 1 saturated heterocycles. The van der Waals surface area contributed by atoms with Crippen molar-refractivity contribution in [1.82, 2.24) is 29.5 Å². The maximum Gasteiger partial charge on any atom is 0.274 e. The standard InChI is InChI=1S/C18H21N7O/c1-23(2)17-16-5-6-21-25(16)12-15(22-17)13-4-3-9-24(11-13)18(26)14-10-19-7-8-20-14/h5-8,10,12-13H,3-4,9,11H2,1-2H3/t13-/m0/s1. The van der Waals surface area contributed by atoms with Crippen molar-refractivity contribution in [3.8, 4) is 0 Å². The molecule has 1 atom stereocenters. The van der Waals surface area contributed by atoms with Crippen molar-refractivity contribution in [3.63, 3.8) is 0 Å². The molecule has 0 bridgehead atoms. The molecule has 4 rings (SSSR count). The van der Waals surface area contributed by atoms with E-state index in [2.05, 4.69) is 15.1 Å². The Morgan fingerprint density at radius 3 is 2.92 bits per heavy atom. The SMILES string of the molecule is CN(C)c1nc([C@H]2CCCN(C(=O)c3cnccn3)C2)cn2nccc12. The Morgan fingerprint density at radius 1 is 1.27 bits per heavy atom. The molecule has 8 heteroatoms. The summed E-state index contributed by atoms with van der Waals surface area (Å²) >= 11 is 0. The number of nitrogens with zero attached hydrogens (tertiary/aromatic N) is 7. The fourth-order valence-electron chi connectivity index (χ4n) is 3.43. The van der Waals surface area contributed by atoms with E-state index in [1.165, 1.54) is 6.20 Å². The molecule has 1 aliphatic heterocycles. The van der Waals surface area contributed by atoms with Gasteiger partial charge in [0.25, 0.3) is 5.91 Å². The lowest BCUT2D eigenvalue weighted by Crippen LogP contribution is -2.39. The topological polar surface area (TPSA) is 79.5 Å². The third-order valence-electron chi connectivity index (χ3n) is 4.72. The maximum atomic E-state index is 12.7. The Balaban J connectivity index is 1.62. The molecule has 0 aliphatic carbocycles. The third-order valence-corrected chi connectivity index (χ3v) is 4.72. The minimum absolute atomic E-state index is 0.0733. The lowest BCUT2D eigenvalue weighted by molar-refractivity contribution is 0.0699. The third kappa shape index (κ3) is 2.98. The van der Waals surface area contributed by atoms with Crippen LogP contribution >= 0.6 is 0 Å². The smallest absolute Gasteiger partial charge is 0.274 e. The minimum Gasteiger partial charge on any atom is -0.361 e. The van der Waals surface area contributed by atoms with Gasteiger partial charge in [0.1, 0.15) is 11.2 Å². The Labute approximate surface area is 151 Å². The van der Waals surface area contributed by atoms with Crippen LogP contribution in [0.4, 0.5) is 5.82 Å². The summed E-state index contributed by atoms with van der Waals surface area (Å²) in [6.45, 7) is 1.36. The minimum atomic E-state index is -0.0733. The van der Waals surface area contributed by atoms with Gasteiger partial charge in [0.05, 0.1) is 24.3 Å². The first kappa shape index (κ1) is 16.4. The number of amides is 1. The first-order valence-corrected chi connectivity index (χ1v) is 8.70. The zero-order valence-electron chi connectivity index (χ0n) is 14.9. The fourth-order valence-corrected chi connectivity index (χ4v) is 3.43. The van der Waals surface area contributed by atoms with E-state index >= 15 is 0 Å². The second-order valence-electron chi connectivity index (χ2n) is 6.73. The number of fused-ring (bicyclic) bond motifs is 1. The number of anilines is 1. The number of carbonyl (C=O) groups is 1. The monoisotopic (exact) mass is 351 g/mol. The van der Waals surface area contributed by atoms with Crippen molar-refractivity contribution in [2.45, 2.75) is 18.8 Å². The van der Waals surface area contributed by atoms with Crippen molar-refractivity contribution < 1.29 is 4.79 Å². The number of rotatable bonds is 3. The van der Waals surface area contributed by atoms with Crippen LogP contribution in [0.5, 0.6) is 0 Å². The van der Waals surface area contributed by atoms with Gasteiger partial charge in [0.2, 0.25) is 0 Å². The molecule has 0 saturated carbocycles. The van der Waals surface area contributed by atoms with Gasteiger partial charge in [0.15, 0.2) is 5.82 Å². The zero-order chi connectivity index (χ0) is 18.1. The van der Waals surface area contributed by atoms with Crippen molar-refractivity contribution in [2.24, 2.45) is 0 Å². The summed E-state index contributed by atoms with van der Waals surface area (Å²) in [7, 11) is 3.95. The Bertz CT molecular complexity index is 922. The van der Waals surface area contributed by atoms with Gasteiger partial charge in [-0.05, 0) is 18.9 Å². The van der Waals surface area contributed by atoms with Gasteiger partial charge in [-0.2, -0.15) is 5.10 Å². The number of hydrogen-bond acceptors (Lipinski definition) is 6. The number of piperidine rings is 1. The molecule has 0 aromatic carbocycles. The predicted octanol–water partition coefficient (Wildman–Crippen LogP) is 1.61. The highest BCUT2D eigenvalue weighted by atomic mass is 16.2. The molecular formula is C18H21N7O. The number of likely N-dealkylation sites (tertiary alicyclic amines) is 1. The van der Waals surface area contributed by atoms with E-state index in [0.717, 1.165) is 36.4 Å². The molecule has 1 fully saturated rings. The molecule has 0 unspecified atom stereocenters. The molecule has 0 spiro atoms. The van der Waals surface area contributed by atoms with Crippen molar-refractivity contribution in [3.05, 3.63) is 48.4 Å². The number of hydrogen-bond donors (Lipinski definition) is 0. The van der Waals surface area contributed by atoms with E-state index in [9.17, 15) is 4.79 Å². The van der Waals surface area contributed by atoms with Crippen LogP contribution in [-0.4, -0.2) is 62.6 Å². The van der Waals surface area contributed by atoms with Crippen LogP contribution in [0.2, 0.25) is 0 Å². The molecule has 1 amide bonds. The van der Waals surface area contributed by atoms with E-state index in [1.807, 2.05) is 40.7 Å². The molecular weight excluding hydrogens is 330 g/mol. The van der Waals surface area contributed by atoms with Gasteiger partial charge >= 0.3 is 0 Å². The predicted molar refractivity (Wildman–Crippen MR) is 97.2 cm³/mol. The van der Waals surface area contributed by atoms with Gasteiger partial charge in [0, 0.05) is 45.5 Å². The summed E-state index contributed by atoms with van der Waals surface area (Å²) in [5.74, 6) is 0.991. The Morgan fingerprint density at radius 2 is 2.15 bits per heavy atom. The summed E-state index contributed by atoms with van der Waals surface area (Å²) in [5, 5.41) is 4.37. The summed E-state index contributed by atoms with van der Waals surface area (Å²) in [6, 6.07) is 1.96. The van der Waals surface area contributed by atoms with E-state index in [4.69, 9.17) is 4.98 Å². The first-order valence-electron chi connectivity index (χ1n) is 8.70. The van der Waals surface area contributed by atoms with Crippen molar-refractivity contribution >= 4 is 17.2 Å². The molecule has 1 aliphatic rings. The van der Waals surface area contributed by atoms with Crippen LogP contribution in [0.3, 0.4) is 0 Å². The van der Waals surface area contributed by atoms with Crippen LogP contribution in [-0.2, 0) is 0 Å². The summed E-state index contributed by atoms with van der Waals surface area (Å²) in [4.78, 5) is 29.5. The molecule has 0 N–H and O–H groups in total. The molecule has 26 heavy (non-hydrogen) atoms. The van der Waals surface area contributed by atoms with Crippen molar-refractivity contribution in [1.29, 1.82) is 0 Å². The van der Waals surface area contributed by atoms with Crippen LogP contribution in [0.1, 0.15) is 34.9 Å². The summed E-state index contributed by atoms with van der Waals surface area (Å²) < 4.78 is 1.86. The summed E-state index contributed by atoms with van der Waals surface area (Å²) in [6.07, 6.45) is 10.3. The van der Waals surface area contributed by atoms with E-state index in [0.29, 0.717) is 12.2 Å². The van der Waals surface area contributed by atoms with E-state index in [1.54, 1.807) is 18.6 Å². The van der Waals surface area contributed by atoms with Crippen LogP contribution in [0, 0.1) is 0 Å². The zero-order valence-corrected chi connectivity index (χ0v) is 14.9. The Kier molecular flexibility index (Phi) is 4.24. The highest BCUT2D eigenvalue weighted by molar-refractivity contribution is 5.92. The van der Waals surface area contributed by atoms with Gasteiger partial charge < -0.3 is 9.80 Å². The van der Waals surface area contributed by atoms with Crippen LogP contribution in [0.25, 0.3) is 5.52 Å². The molecule has 0 radical (unpaired) electrons. The second-order valence-corrected chi connectivity index (χ2v) is 6.73. The molecule has 3 aromatic rings. The second kappa shape index (κ2) is 6.70. The maximum absolute atomic E-state index is 12.7. The van der Waals surface area contributed by atoms with Gasteiger partial charge in [-0.15, -0.1) is 0 Å². The lowest BCUT2D eigenvalue weighted by Gasteiger charge is -2.32. The van der Waals surface area contributed by atoms with Crippen LogP contribution < -0.4 is 4.90 Å². The number of aromatic nitrogens is 5. The first-order chi connectivity index (χ1) is 12.6. The highest BCUT2D eigenvalue weighted by Gasteiger charge is 2.28. The highest BCUT2D eigenvalue weighted by Crippen LogP contribution is 2.29. The number of carbonyl (C=O) groups excluding carboxylic acids is 1. The van der Waals surface area contributed by atoms with E-state index in [-0.39, 0.29) is 11.8 Å². The van der Waals surface area contributed by atoms with Gasteiger partial charge in [-0.3, -0.25) is 9.78 Å². The molecule has 3 aromatic heterocycles. The van der Waals surface area contributed by atoms with Gasteiger partial charge in [-0.25, -0.2) is 14.5 Å². The van der Waals surface area contributed by atoms with E-state index < -0.39 is 0 Å². The Hall–Kier alpha value is -3.03. The summed E-state index contributed by atoms with van der Waals surface area (Å²) in [5.41, 5.74) is 2.32. The quantitative estimate of drug-likeness (QED) is 0.713. The average Bonchev–Trinajstić information content (AvgIpc) is 3.16. The van der Waals surface area contributed by atoms with Crippen LogP contribution in [0.15, 0.2) is 37.1 Å². The molecule has 8 nitrogen and oxygen atoms in total. The largest absolute Gasteiger partial charge is 0.361 e. The van der Waals surface area contributed by atoms with Crippen molar-refractivity contribution in [2.75, 3.05) is 32.1 Å².